The molecule has 178 valence electrons. The number of anilines is 1. The molecule has 0 unspecified atom stereocenters. The van der Waals surface area contributed by atoms with Crippen molar-refractivity contribution >= 4 is 17.7 Å². The molecule has 9 nitrogen and oxygen atoms in total. The third-order valence-electron chi connectivity index (χ3n) is 5.38. The molecule has 0 saturated carbocycles. The number of amides is 2. The Kier molecular flexibility index (Phi) is 6.82. The highest BCUT2D eigenvalue weighted by atomic mass is 19.1. The summed E-state index contributed by atoms with van der Waals surface area (Å²) >= 11 is 0. The summed E-state index contributed by atoms with van der Waals surface area (Å²) in [5.74, 6) is -1.84. The number of hydrogen-bond acceptors (Lipinski definition) is 6. The highest BCUT2D eigenvalue weighted by molar-refractivity contribution is 5.90. The molecule has 0 bridgehead atoms. The van der Waals surface area contributed by atoms with Crippen molar-refractivity contribution in [3.05, 3.63) is 65.5 Å². The van der Waals surface area contributed by atoms with Crippen LogP contribution in [0.2, 0.25) is 0 Å². The van der Waals surface area contributed by atoms with Gasteiger partial charge in [0.25, 0.3) is 0 Å². The van der Waals surface area contributed by atoms with Crippen LogP contribution in [0.4, 0.5) is 19.3 Å². The number of cyclic esters (lactones) is 1. The third-order valence-corrected chi connectivity index (χ3v) is 5.38. The molecule has 1 aliphatic rings. The van der Waals surface area contributed by atoms with Crippen molar-refractivity contribution in [1.29, 1.82) is 0 Å². The third kappa shape index (κ3) is 5.37. The van der Waals surface area contributed by atoms with Gasteiger partial charge >= 0.3 is 6.09 Å². The van der Waals surface area contributed by atoms with Gasteiger partial charge in [-0.2, -0.15) is 15.4 Å². The summed E-state index contributed by atoms with van der Waals surface area (Å²) in [6.45, 7) is 2.78. The van der Waals surface area contributed by atoms with Gasteiger partial charge in [-0.15, -0.1) is 0 Å². The van der Waals surface area contributed by atoms with E-state index in [4.69, 9.17) is 4.74 Å². The lowest BCUT2D eigenvalue weighted by Gasteiger charge is -2.17. The van der Waals surface area contributed by atoms with Gasteiger partial charge in [-0.3, -0.25) is 14.6 Å². The summed E-state index contributed by atoms with van der Waals surface area (Å²) in [6.07, 6.45) is 0.331. The predicted molar refractivity (Wildman–Crippen MR) is 120 cm³/mol. The van der Waals surface area contributed by atoms with Crippen LogP contribution in [0.25, 0.3) is 11.1 Å². The van der Waals surface area contributed by atoms with E-state index in [1.807, 2.05) is 24.1 Å². The molecule has 0 spiro atoms. The van der Waals surface area contributed by atoms with Gasteiger partial charge in [-0.1, -0.05) is 24.3 Å². The number of H-pyrrole nitrogens is 1. The van der Waals surface area contributed by atoms with Crippen molar-refractivity contribution in [3.63, 3.8) is 0 Å². The number of rotatable bonds is 8. The van der Waals surface area contributed by atoms with Crippen LogP contribution in [0.1, 0.15) is 18.2 Å². The molecule has 1 saturated heterocycles. The van der Waals surface area contributed by atoms with E-state index in [-0.39, 0.29) is 30.2 Å². The van der Waals surface area contributed by atoms with Gasteiger partial charge in [0.1, 0.15) is 17.7 Å². The SMILES string of the molecule is CC(=O)NC[C@H]1CN(c2cc(F)c(-c3ccc(CN(C)Cc4cn[nH]n4)cc3)c(F)c2)C(=O)O1. The van der Waals surface area contributed by atoms with E-state index in [1.54, 1.807) is 18.3 Å². The van der Waals surface area contributed by atoms with Gasteiger partial charge in [-0.05, 0) is 30.3 Å². The second-order valence-electron chi connectivity index (χ2n) is 8.17. The number of aromatic amines is 1. The van der Waals surface area contributed by atoms with Crippen LogP contribution in [-0.4, -0.2) is 58.6 Å². The second-order valence-corrected chi connectivity index (χ2v) is 8.17. The van der Waals surface area contributed by atoms with Gasteiger partial charge < -0.3 is 10.1 Å². The maximum Gasteiger partial charge on any atom is 0.414 e. The van der Waals surface area contributed by atoms with E-state index >= 15 is 0 Å². The van der Waals surface area contributed by atoms with E-state index in [1.165, 1.54) is 6.92 Å². The molecule has 1 aliphatic heterocycles. The molecule has 0 radical (unpaired) electrons. The average Bonchev–Trinajstić information content (AvgIpc) is 3.42. The van der Waals surface area contributed by atoms with Gasteiger partial charge in [0.15, 0.2) is 0 Å². The average molecular weight is 470 g/mol. The van der Waals surface area contributed by atoms with Crippen LogP contribution < -0.4 is 10.2 Å². The van der Waals surface area contributed by atoms with E-state index in [9.17, 15) is 18.4 Å². The van der Waals surface area contributed by atoms with Crippen LogP contribution in [-0.2, 0) is 22.6 Å². The number of halogens is 2. The highest BCUT2D eigenvalue weighted by Gasteiger charge is 2.33. The largest absolute Gasteiger partial charge is 0.442 e. The Hall–Kier alpha value is -3.86. The van der Waals surface area contributed by atoms with Crippen molar-refractivity contribution in [2.24, 2.45) is 0 Å². The van der Waals surface area contributed by atoms with E-state index in [0.717, 1.165) is 28.3 Å². The number of nitrogens with zero attached hydrogens (tertiary/aromatic N) is 4. The molecule has 2 N–H and O–H groups in total. The quantitative estimate of drug-likeness (QED) is 0.525. The van der Waals surface area contributed by atoms with Crippen molar-refractivity contribution in [1.82, 2.24) is 25.6 Å². The lowest BCUT2D eigenvalue weighted by atomic mass is 10.0. The molecule has 1 atom stereocenters. The van der Waals surface area contributed by atoms with Crippen LogP contribution in [0, 0.1) is 11.6 Å². The zero-order valence-corrected chi connectivity index (χ0v) is 18.7. The second kappa shape index (κ2) is 9.96. The first-order valence-corrected chi connectivity index (χ1v) is 10.6. The first-order chi connectivity index (χ1) is 16.3. The summed E-state index contributed by atoms with van der Waals surface area (Å²) in [7, 11) is 1.94. The number of ether oxygens (including phenoxy) is 1. The molecule has 2 amide bonds. The number of benzene rings is 2. The normalized spacial score (nSPS) is 15.6. The first-order valence-electron chi connectivity index (χ1n) is 10.6. The van der Waals surface area contributed by atoms with Crippen molar-refractivity contribution in [2.75, 3.05) is 25.0 Å². The monoisotopic (exact) mass is 470 g/mol. The molecular formula is C23H24F2N6O3. The number of aromatic nitrogens is 3. The number of carbonyl (C=O) groups is 2. The molecule has 3 aromatic rings. The number of hydrogen-bond donors (Lipinski definition) is 2. The number of carbonyl (C=O) groups excluding carboxylic acids is 2. The topological polar surface area (TPSA) is 103 Å². The Morgan fingerprint density at radius 2 is 1.94 bits per heavy atom. The zero-order valence-electron chi connectivity index (χ0n) is 18.7. The van der Waals surface area contributed by atoms with E-state index < -0.39 is 23.8 Å². The molecule has 11 heteroatoms. The Bertz CT molecular complexity index is 1150. The lowest BCUT2D eigenvalue weighted by Crippen LogP contribution is -2.33. The van der Waals surface area contributed by atoms with Crippen molar-refractivity contribution in [3.8, 4) is 11.1 Å². The fourth-order valence-electron chi connectivity index (χ4n) is 3.81. The Morgan fingerprint density at radius 1 is 1.24 bits per heavy atom. The summed E-state index contributed by atoms with van der Waals surface area (Å²) < 4.78 is 35.1. The highest BCUT2D eigenvalue weighted by Crippen LogP contribution is 2.32. The molecular weight excluding hydrogens is 446 g/mol. The lowest BCUT2D eigenvalue weighted by molar-refractivity contribution is -0.119. The minimum Gasteiger partial charge on any atom is -0.442 e. The summed E-state index contributed by atoms with van der Waals surface area (Å²) in [4.78, 5) is 26.4. The Balaban J connectivity index is 1.45. The van der Waals surface area contributed by atoms with E-state index in [2.05, 4.69) is 20.7 Å². The molecule has 34 heavy (non-hydrogen) atoms. The molecule has 1 fully saturated rings. The smallest absolute Gasteiger partial charge is 0.414 e. The van der Waals surface area contributed by atoms with Gasteiger partial charge in [0.2, 0.25) is 5.91 Å². The summed E-state index contributed by atoms with van der Waals surface area (Å²) in [6, 6.07) is 9.17. The maximum atomic E-state index is 15.0. The minimum atomic E-state index is -0.788. The first kappa shape index (κ1) is 23.3. The fourth-order valence-corrected chi connectivity index (χ4v) is 3.81. The maximum absolute atomic E-state index is 15.0. The molecule has 0 aliphatic carbocycles. The standard InChI is InChI=1S/C23H24F2N6O3/c1-14(32)26-10-19-13-31(23(33)34-19)18-7-20(24)22(21(25)8-18)16-5-3-15(4-6-16)11-30(2)12-17-9-27-29-28-17/h3-9,19H,10-13H2,1-2H3,(H,26,32)(H,27,28,29)/t19-/m0/s1. The van der Waals surface area contributed by atoms with Gasteiger partial charge in [0, 0.05) is 20.0 Å². The van der Waals surface area contributed by atoms with Gasteiger partial charge in [-0.25, -0.2) is 13.6 Å². The molecule has 2 heterocycles. The van der Waals surface area contributed by atoms with Gasteiger partial charge in [0.05, 0.1) is 36.2 Å². The van der Waals surface area contributed by atoms with Crippen LogP contribution in [0.5, 0.6) is 0 Å². The number of nitrogens with one attached hydrogen (secondary N) is 2. The fraction of sp³-hybridized carbons (Fsp3) is 0.304. The zero-order chi connectivity index (χ0) is 24.2. The van der Waals surface area contributed by atoms with Crippen LogP contribution in [0.15, 0.2) is 42.6 Å². The molecule has 1 aromatic heterocycles. The molecule has 2 aromatic carbocycles. The Morgan fingerprint density at radius 3 is 2.56 bits per heavy atom. The van der Waals surface area contributed by atoms with Crippen LogP contribution in [0.3, 0.4) is 0 Å². The Labute approximate surface area is 194 Å². The minimum absolute atomic E-state index is 0.0557. The van der Waals surface area contributed by atoms with Crippen molar-refractivity contribution < 1.29 is 23.1 Å². The van der Waals surface area contributed by atoms with Crippen molar-refractivity contribution in [2.45, 2.75) is 26.1 Å². The van der Waals surface area contributed by atoms with Crippen LogP contribution >= 0.6 is 0 Å². The van der Waals surface area contributed by atoms with E-state index in [0.29, 0.717) is 18.7 Å². The summed E-state index contributed by atoms with van der Waals surface area (Å²) in [5.41, 5.74) is 2.05. The predicted octanol–water partition coefficient (Wildman–Crippen LogP) is 2.84. The summed E-state index contributed by atoms with van der Waals surface area (Å²) in [5, 5.41) is 12.9. The molecule has 4 rings (SSSR count).